The van der Waals surface area contributed by atoms with Gasteiger partial charge in [-0.2, -0.15) is 0 Å². The van der Waals surface area contributed by atoms with E-state index >= 15 is 0 Å². The number of rotatable bonds is 24. The van der Waals surface area contributed by atoms with Crippen LogP contribution in [-0.4, -0.2) is 84.3 Å². The van der Waals surface area contributed by atoms with E-state index in [4.69, 9.17) is 9.47 Å². The van der Waals surface area contributed by atoms with Crippen molar-refractivity contribution in [3.8, 4) is 0 Å². The van der Waals surface area contributed by atoms with Crippen LogP contribution in [0.1, 0.15) is 106 Å². The molecule has 318 valence electrons. The van der Waals surface area contributed by atoms with Crippen molar-refractivity contribution < 1.29 is 43.0 Å². The SMILES string of the molecule is C/C=C\C[C@@H](C/C=C\CC(=O)[C@@H](NC(=O)\C=C/C=C\C(C)=C\[C@H](C)[C@@H]1CC=C(C)C(=O)O1)C(C)(C)C)OC(=O)NCCCNC(=O)CCCCCN1C(=O)C=CC1=O. The number of alkyl carbamates (subject to hydrolysis) is 1. The van der Waals surface area contributed by atoms with Crippen molar-refractivity contribution in [1.82, 2.24) is 20.9 Å². The largest absolute Gasteiger partial charge is 0.458 e. The minimum Gasteiger partial charge on any atom is -0.458 e. The number of esters is 1. The molecule has 2 aliphatic heterocycles. The molecule has 5 amide bonds. The second-order valence-corrected chi connectivity index (χ2v) is 15.7. The maximum atomic E-state index is 13.3. The molecule has 0 saturated carbocycles. The van der Waals surface area contributed by atoms with Crippen LogP contribution in [0.25, 0.3) is 0 Å². The van der Waals surface area contributed by atoms with Crippen LogP contribution in [0.15, 0.2) is 84.1 Å². The monoisotopic (exact) mass is 804 g/mol. The number of carbonyl (C=O) groups excluding carboxylic acids is 7. The van der Waals surface area contributed by atoms with Gasteiger partial charge in [0.05, 0.1) is 6.04 Å². The van der Waals surface area contributed by atoms with Gasteiger partial charge in [-0.3, -0.25) is 28.9 Å². The van der Waals surface area contributed by atoms with E-state index in [1.54, 1.807) is 31.2 Å². The predicted molar refractivity (Wildman–Crippen MR) is 224 cm³/mol. The van der Waals surface area contributed by atoms with Gasteiger partial charge in [0.1, 0.15) is 12.2 Å². The van der Waals surface area contributed by atoms with E-state index in [-0.39, 0.29) is 53.8 Å². The highest BCUT2D eigenvalue weighted by atomic mass is 16.6. The zero-order valence-electron chi connectivity index (χ0n) is 35.3. The third-order valence-electron chi connectivity index (χ3n) is 9.47. The highest BCUT2D eigenvalue weighted by Crippen LogP contribution is 2.23. The molecule has 0 radical (unpaired) electrons. The van der Waals surface area contributed by atoms with Gasteiger partial charge in [-0.25, -0.2) is 9.59 Å². The Bertz CT molecular complexity index is 1640. The van der Waals surface area contributed by atoms with Crippen LogP contribution < -0.4 is 16.0 Å². The topological polar surface area (TPSA) is 177 Å². The number of amides is 5. The Hall–Kier alpha value is -5.33. The van der Waals surface area contributed by atoms with E-state index in [0.717, 1.165) is 5.57 Å². The molecule has 13 nitrogen and oxygen atoms in total. The quantitative estimate of drug-likeness (QED) is 0.0248. The van der Waals surface area contributed by atoms with Gasteiger partial charge >= 0.3 is 12.1 Å². The van der Waals surface area contributed by atoms with Gasteiger partial charge in [0, 0.05) is 81.5 Å². The number of cyclic esters (lactones) is 1. The second-order valence-electron chi connectivity index (χ2n) is 15.7. The zero-order valence-corrected chi connectivity index (χ0v) is 35.3. The van der Waals surface area contributed by atoms with Crippen LogP contribution in [0.3, 0.4) is 0 Å². The molecule has 0 unspecified atom stereocenters. The molecule has 13 heteroatoms. The summed E-state index contributed by atoms with van der Waals surface area (Å²) in [6.45, 7) is 14.3. The minimum absolute atomic E-state index is 0.0249. The first-order chi connectivity index (χ1) is 27.5. The number of unbranched alkanes of at least 4 members (excludes halogenated alkanes) is 2. The molecular weight excluding hydrogens is 741 g/mol. The number of nitrogens with zero attached hydrogens (tertiary/aromatic N) is 1. The number of imide groups is 1. The Kier molecular flexibility index (Phi) is 21.7. The van der Waals surface area contributed by atoms with E-state index in [9.17, 15) is 33.6 Å². The number of Topliss-reactive ketones (excluding diaryl/α,β-unsaturated/α-hetero) is 1. The predicted octanol–water partition coefficient (Wildman–Crippen LogP) is 6.43. The van der Waals surface area contributed by atoms with Crippen LogP contribution in [0, 0.1) is 11.3 Å². The first-order valence-electron chi connectivity index (χ1n) is 20.3. The van der Waals surface area contributed by atoms with Crippen molar-refractivity contribution >= 4 is 41.5 Å². The van der Waals surface area contributed by atoms with E-state index in [2.05, 4.69) is 16.0 Å². The molecule has 0 aliphatic carbocycles. The first-order valence-corrected chi connectivity index (χ1v) is 20.3. The van der Waals surface area contributed by atoms with E-state index in [1.165, 1.54) is 23.1 Å². The molecule has 0 saturated heterocycles. The van der Waals surface area contributed by atoms with E-state index in [0.29, 0.717) is 76.6 Å². The van der Waals surface area contributed by atoms with Gasteiger partial charge in [-0.1, -0.05) is 94.4 Å². The lowest BCUT2D eigenvalue weighted by atomic mass is 9.83. The van der Waals surface area contributed by atoms with Crippen LogP contribution in [0.4, 0.5) is 4.79 Å². The van der Waals surface area contributed by atoms with Gasteiger partial charge in [0.15, 0.2) is 5.78 Å². The molecule has 0 spiro atoms. The third kappa shape index (κ3) is 19.2. The average Bonchev–Trinajstić information content (AvgIpc) is 3.48. The Morgan fingerprint density at radius 2 is 1.60 bits per heavy atom. The fraction of sp³-hybridized carbons (Fsp3) is 0.533. The molecule has 0 bridgehead atoms. The first kappa shape index (κ1) is 48.8. The van der Waals surface area contributed by atoms with Crippen molar-refractivity contribution in [3.63, 3.8) is 0 Å². The Morgan fingerprint density at radius 1 is 0.931 bits per heavy atom. The summed E-state index contributed by atoms with van der Waals surface area (Å²) in [5.74, 6) is -1.50. The lowest BCUT2D eigenvalue weighted by Gasteiger charge is -2.29. The van der Waals surface area contributed by atoms with Crippen molar-refractivity contribution in [2.75, 3.05) is 19.6 Å². The minimum atomic E-state index is -0.731. The molecule has 3 N–H and O–H groups in total. The fourth-order valence-corrected chi connectivity index (χ4v) is 6.09. The average molecular weight is 805 g/mol. The Balaban J connectivity index is 1.72. The van der Waals surface area contributed by atoms with Crippen molar-refractivity contribution in [2.45, 2.75) is 125 Å². The molecule has 0 aromatic rings. The Labute approximate surface area is 344 Å². The normalized spacial score (nSPS) is 17.9. The van der Waals surface area contributed by atoms with E-state index in [1.807, 2.05) is 71.9 Å². The summed E-state index contributed by atoms with van der Waals surface area (Å²) in [7, 11) is 0. The van der Waals surface area contributed by atoms with Crippen molar-refractivity contribution in [3.05, 3.63) is 84.1 Å². The van der Waals surface area contributed by atoms with E-state index < -0.39 is 23.7 Å². The summed E-state index contributed by atoms with van der Waals surface area (Å²) in [4.78, 5) is 86.9. The number of ether oxygens (including phenoxy) is 2. The number of nitrogens with one attached hydrogen (secondary N) is 3. The van der Waals surface area contributed by atoms with Gasteiger partial charge < -0.3 is 25.4 Å². The third-order valence-corrected chi connectivity index (χ3v) is 9.47. The van der Waals surface area contributed by atoms with Crippen LogP contribution in [-0.2, 0) is 38.2 Å². The molecule has 2 rings (SSSR count). The standard InChI is InChI=1S/C45H64N4O9/c1-8-9-19-35(57-44(56)47-29-17-28-46-38(51)22-11-10-16-30-49-40(53)26-27-41(49)54)20-13-14-21-36(50)42(45(5,6)7)48-39(52)23-15-12-18-32(2)31-34(4)37-25-24-33(3)43(55)58-37/h8-9,12-15,18,23-24,26-27,31,34-35,37,42H,10-11,16-17,19-22,25,28-30H2,1-7H3,(H,46,51)(H,47,56)(H,48,52)/b9-8-,14-13-,18-12-,23-15-,32-31+/t34-,35-,37-,42+/m0/s1. The summed E-state index contributed by atoms with van der Waals surface area (Å²) in [6, 6.07) is -0.731. The van der Waals surface area contributed by atoms with Gasteiger partial charge in [-0.15, -0.1) is 0 Å². The summed E-state index contributed by atoms with van der Waals surface area (Å²) in [5, 5.41) is 8.38. The molecule has 2 aliphatic rings. The number of allylic oxidation sites excluding steroid dienone is 6. The van der Waals surface area contributed by atoms with Crippen LogP contribution in [0.2, 0.25) is 0 Å². The van der Waals surface area contributed by atoms with Gasteiger partial charge in [0.2, 0.25) is 11.8 Å². The molecule has 0 aromatic carbocycles. The molecular formula is C45H64N4O9. The lowest BCUT2D eigenvalue weighted by molar-refractivity contribution is -0.147. The van der Waals surface area contributed by atoms with Crippen molar-refractivity contribution in [1.29, 1.82) is 0 Å². The number of hydrogen-bond acceptors (Lipinski definition) is 9. The lowest BCUT2D eigenvalue weighted by Crippen LogP contribution is -2.48. The molecule has 2 heterocycles. The summed E-state index contributed by atoms with van der Waals surface area (Å²) < 4.78 is 11.1. The zero-order chi connectivity index (χ0) is 43.1. The highest BCUT2D eigenvalue weighted by molar-refractivity contribution is 6.12. The molecule has 58 heavy (non-hydrogen) atoms. The van der Waals surface area contributed by atoms with Gasteiger partial charge in [0.25, 0.3) is 11.8 Å². The maximum Gasteiger partial charge on any atom is 0.407 e. The molecule has 4 atom stereocenters. The number of carbonyl (C=O) groups is 7. The Morgan fingerprint density at radius 3 is 2.28 bits per heavy atom. The van der Waals surface area contributed by atoms with Crippen molar-refractivity contribution in [2.24, 2.45) is 11.3 Å². The van der Waals surface area contributed by atoms with Crippen LogP contribution >= 0.6 is 0 Å². The highest BCUT2D eigenvalue weighted by Gasteiger charge is 2.31. The maximum absolute atomic E-state index is 13.3. The fourth-order valence-electron chi connectivity index (χ4n) is 6.09. The second kappa shape index (κ2) is 25.8. The van der Waals surface area contributed by atoms with Gasteiger partial charge in [-0.05, 0) is 45.4 Å². The summed E-state index contributed by atoms with van der Waals surface area (Å²) >= 11 is 0. The van der Waals surface area contributed by atoms with Crippen LogP contribution in [0.5, 0.6) is 0 Å². The number of hydrogen-bond donors (Lipinski definition) is 3. The smallest absolute Gasteiger partial charge is 0.407 e. The molecule has 0 aromatic heterocycles. The number of ketones is 1. The summed E-state index contributed by atoms with van der Waals surface area (Å²) in [5.41, 5.74) is 1.05. The summed E-state index contributed by atoms with van der Waals surface area (Å²) in [6.07, 6.45) is 23.6. The molecule has 0 fully saturated rings.